The third-order valence-electron chi connectivity index (χ3n) is 4.29. The molecule has 140 valence electrons. The summed E-state index contributed by atoms with van der Waals surface area (Å²) in [6.07, 6.45) is 7.00. The largest absolute Gasteiger partial charge is 0.478 e. The molecule has 1 saturated heterocycles. The molecule has 1 aromatic heterocycles. The van der Waals surface area contributed by atoms with Crippen molar-refractivity contribution in [3.63, 3.8) is 0 Å². The number of carbonyl (C=O) groups excluding carboxylic acids is 1. The molecule has 1 fully saturated rings. The predicted molar refractivity (Wildman–Crippen MR) is 101 cm³/mol. The lowest BCUT2D eigenvalue weighted by atomic mass is 10.1. The summed E-state index contributed by atoms with van der Waals surface area (Å²) < 4.78 is 13.3. The van der Waals surface area contributed by atoms with Crippen molar-refractivity contribution >= 4 is 23.2 Å². The van der Waals surface area contributed by atoms with Gasteiger partial charge in [0.2, 0.25) is 0 Å². The van der Waals surface area contributed by atoms with Gasteiger partial charge in [0.15, 0.2) is 5.60 Å². The van der Waals surface area contributed by atoms with Crippen molar-refractivity contribution in [2.45, 2.75) is 51.4 Å². The number of halogens is 1. The number of carbonyl (C=O) groups is 1. The average Bonchev–Trinajstić information content (AvgIpc) is 3.04. The van der Waals surface area contributed by atoms with E-state index < -0.39 is 5.60 Å². The second-order valence-corrected chi connectivity index (χ2v) is 7.40. The first kappa shape index (κ1) is 18.7. The van der Waals surface area contributed by atoms with Crippen LogP contribution in [0.1, 0.15) is 33.1 Å². The fourth-order valence-electron chi connectivity index (χ4n) is 2.81. The number of anilines is 1. The number of nitrogens with one attached hydrogen (secondary N) is 1. The number of benzene rings is 1. The maximum atomic E-state index is 12.6. The van der Waals surface area contributed by atoms with Crippen LogP contribution in [0, 0.1) is 0 Å². The fraction of sp³-hybridized carbons (Fsp3) is 0.474. The number of rotatable bonds is 6. The highest BCUT2D eigenvalue weighted by Crippen LogP contribution is 2.22. The molecule has 0 aliphatic carbocycles. The van der Waals surface area contributed by atoms with Gasteiger partial charge in [-0.05, 0) is 57.4 Å². The molecule has 0 spiro atoms. The highest BCUT2D eigenvalue weighted by molar-refractivity contribution is 6.30. The zero-order valence-corrected chi connectivity index (χ0v) is 15.8. The van der Waals surface area contributed by atoms with Crippen LogP contribution in [0.2, 0.25) is 5.02 Å². The molecule has 1 aromatic carbocycles. The van der Waals surface area contributed by atoms with Gasteiger partial charge in [-0.15, -0.1) is 0 Å². The van der Waals surface area contributed by atoms with E-state index in [1.54, 1.807) is 49.0 Å². The molecule has 1 aliphatic heterocycles. The summed E-state index contributed by atoms with van der Waals surface area (Å²) in [6, 6.07) is 6.92. The first-order valence-electron chi connectivity index (χ1n) is 8.82. The van der Waals surface area contributed by atoms with Crippen molar-refractivity contribution in [2.24, 2.45) is 0 Å². The minimum absolute atomic E-state index is 0.192. The Morgan fingerprint density at radius 3 is 2.85 bits per heavy atom. The van der Waals surface area contributed by atoms with Crippen molar-refractivity contribution in [2.75, 3.05) is 11.9 Å². The van der Waals surface area contributed by atoms with Gasteiger partial charge in [-0.3, -0.25) is 9.48 Å². The van der Waals surface area contributed by atoms with E-state index >= 15 is 0 Å². The molecule has 1 unspecified atom stereocenters. The van der Waals surface area contributed by atoms with Crippen molar-refractivity contribution in [3.05, 3.63) is 41.7 Å². The van der Waals surface area contributed by atoms with Crippen LogP contribution in [0.25, 0.3) is 0 Å². The van der Waals surface area contributed by atoms with Gasteiger partial charge in [0, 0.05) is 17.8 Å². The normalized spacial score (nSPS) is 17.7. The number of amides is 1. The zero-order valence-electron chi connectivity index (χ0n) is 15.1. The second kappa shape index (κ2) is 8.10. The number of hydrogen-bond donors (Lipinski definition) is 1. The molecule has 2 aromatic rings. The summed E-state index contributed by atoms with van der Waals surface area (Å²) >= 11 is 5.87. The Balaban J connectivity index is 1.57. The minimum Gasteiger partial charge on any atom is -0.478 e. The Morgan fingerprint density at radius 2 is 2.15 bits per heavy atom. The van der Waals surface area contributed by atoms with Crippen LogP contribution in [0.4, 0.5) is 5.69 Å². The van der Waals surface area contributed by atoms with Crippen LogP contribution in [0.15, 0.2) is 36.7 Å². The van der Waals surface area contributed by atoms with E-state index in [9.17, 15) is 4.79 Å². The summed E-state index contributed by atoms with van der Waals surface area (Å²) in [4.78, 5) is 12.6. The molecule has 0 saturated carbocycles. The molecule has 7 heteroatoms. The van der Waals surface area contributed by atoms with E-state index in [1.165, 1.54) is 6.42 Å². The molecular weight excluding hydrogens is 354 g/mol. The first-order chi connectivity index (χ1) is 12.4. The Kier molecular flexibility index (Phi) is 5.84. The predicted octanol–water partition coefficient (Wildman–Crippen LogP) is 3.90. The van der Waals surface area contributed by atoms with E-state index in [4.69, 9.17) is 21.1 Å². The quantitative estimate of drug-likeness (QED) is 0.829. The summed E-state index contributed by atoms with van der Waals surface area (Å²) in [5.41, 5.74) is -0.402. The maximum absolute atomic E-state index is 12.6. The first-order valence-corrected chi connectivity index (χ1v) is 9.20. The number of hydrogen-bond acceptors (Lipinski definition) is 4. The van der Waals surface area contributed by atoms with Crippen molar-refractivity contribution in [1.82, 2.24) is 9.78 Å². The lowest BCUT2D eigenvalue weighted by Crippen LogP contribution is -2.42. The molecule has 1 amide bonds. The maximum Gasteiger partial charge on any atom is 0.268 e. The monoisotopic (exact) mass is 377 g/mol. The highest BCUT2D eigenvalue weighted by Gasteiger charge is 2.30. The van der Waals surface area contributed by atoms with Gasteiger partial charge < -0.3 is 14.8 Å². The van der Waals surface area contributed by atoms with Gasteiger partial charge in [0.25, 0.3) is 5.91 Å². The number of ether oxygens (including phenoxy) is 2. The lowest BCUT2D eigenvalue weighted by molar-refractivity contribution is -0.128. The molecule has 1 N–H and O–H groups in total. The van der Waals surface area contributed by atoms with Gasteiger partial charge in [-0.1, -0.05) is 11.6 Å². The molecule has 26 heavy (non-hydrogen) atoms. The minimum atomic E-state index is -1.04. The van der Waals surface area contributed by atoms with Crippen LogP contribution < -0.4 is 10.1 Å². The Morgan fingerprint density at radius 1 is 1.38 bits per heavy atom. The van der Waals surface area contributed by atoms with Gasteiger partial charge in [-0.25, -0.2) is 0 Å². The van der Waals surface area contributed by atoms with Crippen LogP contribution >= 0.6 is 11.6 Å². The summed E-state index contributed by atoms with van der Waals surface area (Å²) in [5.74, 6) is 0.334. The highest BCUT2D eigenvalue weighted by atomic mass is 35.5. The van der Waals surface area contributed by atoms with Crippen LogP contribution in [-0.4, -0.2) is 34.0 Å². The zero-order chi connectivity index (χ0) is 18.6. The van der Waals surface area contributed by atoms with E-state index in [0.29, 0.717) is 23.0 Å². The van der Waals surface area contributed by atoms with Gasteiger partial charge in [0.1, 0.15) is 5.75 Å². The van der Waals surface area contributed by atoms with Crippen molar-refractivity contribution in [3.8, 4) is 5.75 Å². The fourth-order valence-corrected chi connectivity index (χ4v) is 2.94. The SMILES string of the molecule is CC(C)(Oc1ccc(Cl)cc1)C(=O)Nc1cnn(CC2CCCCO2)c1. The smallest absolute Gasteiger partial charge is 0.268 e. The molecule has 0 radical (unpaired) electrons. The van der Waals surface area contributed by atoms with Gasteiger partial charge in [-0.2, -0.15) is 5.10 Å². The molecule has 0 bridgehead atoms. The van der Waals surface area contributed by atoms with Crippen molar-refractivity contribution in [1.29, 1.82) is 0 Å². The average molecular weight is 378 g/mol. The van der Waals surface area contributed by atoms with Gasteiger partial charge >= 0.3 is 0 Å². The van der Waals surface area contributed by atoms with E-state index in [0.717, 1.165) is 19.4 Å². The second-order valence-electron chi connectivity index (χ2n) is 6.96. The Hall–Kier alpha value is -2.05. The molecule has 6 nitrogen and oxygen atoms in total. The van der Waals surface area contributed by atoms with Crippen molar-refractivity contribution < 1.29 is 14.3 Å². The number of aromatic nitrogens is 2. The van der Waals surface area contributed by atoms with Crippen LogP contribution in [0.3, 0.4) is 0 Å². The van der Waals surface area contributed by atoms with Crippen LogP contribution in [-0.2, 0) is 16.1 Å². The van der Waals surface area contributed by atoms with E-state index in [1.807, 2.05) is 6.20 Å². The Labute approximate surface area is 158 Å². The lowest BCUT2D eigenvalue weighted by Gasteiger charge is -2.25. The molecular formula is C19H24ClN3O3. The van der Waals surface area contributed by atoms with Gasteiger partial charge in [0.05, 0.1) is 24.5 Å². The summed E-state index contributed by atoms with van der Waals surface area (Å²) in [7, 11) is 0. The summed E-state index contributed by atoms with van der Waals surface area (Å²) in [6.45, 7) is 4.95. The topological polar surface area (TPSA) is 65.4 Å². The van der Waals surface area contributed by atoms with E-state index in [2.05, 4.69) is 10.4 Å². The molecule has 1 atom stereocenters. The molecule has 3 rings (SSSR count). The standard InChI is InChI=1S/C19H24ClN3O3/c1-19(2,26-16-8-6-14(20)7-9-16)18(24)22-15-11-21-23(12-15)13-17-5-3-4-10-25-17/h6-9,11-12,17H,3-5,10,13H2,1-2H3,(H,22,24). The molecule has 2 heterocycles. The third kappa shape index (κ3) is 4.99. The molecule has 1 aliphatic rings. The Bertz CT molecular complexity index is 737. The third-order valence-corrected chi connectivity index (χ3v) is 4.54. The van der Waals surface area contributed by atoms with Crippen LogP contribution in [0.5, 0.6) is 5.75 Å². The summed E-state index contributed by atoms with van der Waals surface area (Å²) in [5, 5.41) is 7.78. The number of nitrogens with zero attached hydrogens (tertiary/aromatic N) is 2. The van der Waals surface area contributed by atoms with E-state index in [-0.39, 0.29) is 12.0 Å².